The van der Waals surface area contributed by atoms with Crippen LogP contribution >= 0.6 is 0 Å². The lowest BCUT2D eigenvalue weighted by Crippen LogP contribution is -2.29. The van der Waals surface area contributed by atoms with Crippen molar-refractivity contribution < 1.29 is 8.81 Å². The number of halogens is 1. The summed E-state index contributed by atoms with van der Waals surface area (Å²) in [4.78, 5) is 4.04. The van der Waals surface area contributed by atoms with Crippen molar-refractivity contribution >= 4 is 11.0 Å². The summed E-state index contributed by atoms with van der Waals surface area (Å²) >= 11 is 0. The van der Waals surface area contributed by atoms with Crippen LogP contribution in [-0.4, -0.2) is 4.98 Å². The number of rotatable bonds is 3. The maximum atomic E-state index is 13.8. The number of aromatic nitrogens is 1. The van der Waals surface area contributed by atoms with Gasteiger partial charge in [0.05, 0.1) is 0 Å². The Hall–Kier alpha value is -2.24. The van der Waals surface area contributed by atoms with E-state index in [9.17, 15) is 4.39 Å². The summed E-state index contributed by atoms with van der Waals surface area (Å²) in [5.41, 5.74) is 4.64. The zero-order valence-electron chi connectivity index (χ0n) is 10.9. The lowest BCUT2D eigenvalue weighted by atomic mass is 10.1. The van der Waals surface area contributed by atoms with Gasteiger partial charge in [-0.1, -0.05) is 11.6 Å². The third-order valence-electron chi connectivity index (χ3n) is 3.20. The summed E-state index contributed by atoms with van der Waals surface area (Å²) in [5.74, 6) is 5.65. The number of furan rings is 1. The molecule has 1 atom stereocenters. The van der Waals surface area contributed by atoms with Gasteiger partial charge in [-0.3, -0.25) is 10.8 Å². The molecule has 2 aromatic heterocycles. The van der Waals surface area contributed by atoms with E-state index in [1.165, 1.54) is 18.3 Å². The summed E-state index contributed by atoms with van der Waals surface area (Å²) in [6.07, 6.45) is 1.52. The fourth-order valence-corrected chi connectivity index (χ4v) is 2.23. The van der Waals surface area contributed by atoms with E-state index >= 15 is 0 Å². The van der Waals surface area contributed by atoms with Crippen LogP contribution in [0.1, 0.15) is 23.1 Å². The number of benzene rings is 1. The van der Waals surface area contributed by atoms with Crippen molar-refractivity contribution in [2.24, 2.45) is 5.84 Å². The highest BCUT2D eigenvalue weighted by Gasteiger charge is 2.21. The second-order valence-electron chi connectivity index (χ2n) is 4.66. The summed E-state index contributed by atoms with van der Waals surface area (Å²) in [6, 6.07) is 9.96. The Labute approximate surface area is 115 Å². The van der Waals surface area contributed by atoms with Crippen LogP contribution < -0.4 is 11.3 Å². The standard InChI is InChI=1S/C15H14FN3O/c1-9-4-5-12-10(7-9)8-13(20-12)15(19-17)14-11(16)3-2-6-18-14/h2-8,15,19H,17H2,1H3. The number of fused-ring (bicyclic) bond motifs is 1. The van der Waals surface area contributed by atoms with E-state index in [4.69, 9.17) is 10.3 Å². The van der Waals surface area contributed by atoms with Crippen LogP contribution in [0.3, 0.4) is 0 Å². The fourth-order valence-electron chi connectivity index (χ4n) is 2.23. The van der Waals surface area contributed by atoms with E-state index in [0.717, 1.165) is 16.5 Å². The quantitative estimate of drug-likeness (QED) is 0.568. The molecule has 0 saturated heterocycles. The van der Waals surface area contributed by atoms with Gasteiger partial charge in [-0.25, -0.2) is 9.82 Å². The maximum absolute atomic E-state index is 13.8. The Morgan fingerprint density at radius 2 is 2.15 bits per heavy atom. The van der Waals surface area contributed by atoms with Gasteiger partial charge in [0.1, 0.15) is 28.9 Å². The first-order valence-electron chi connectivity index (χ1n) is 6.25. The van der Waals surface area contributed by atoms with E-state index in [-0.39, 0.29) is 5.69 Å². The SMILES string of the molecule is Cc1ccc2oc(C(NN)c3ncccc3F)cc2c1. The fraction of sp³-hybridized carbons (Fsp3) is 0.133. The van der Waals surface area contributed by atoms with Crippen LogP contribution in [0.5, 0.6) is 0 Å². The average Bonchev–Trinajstić information content (AvgIpc) is 2.84. The highest BCUT2D eigenvalue weighted by atomic mass is 19.1. The van der Waals surface area contributed by atoms with Gasteiger partial charge in [0.15, 0.2) is 0 Å². The molecule has 102 valence electrons. The van der Waals surface area contributed by atoms with Gasteiger partial charge in [-0.05, 0) is 37.3 Å². The minimum Gasteiger partial charge on any atom is -0.459 e. The van der Waals surface area contributed by atoms with Crippen molar-refractivity contribution in [1.82, 2.24) is 10.4 Å². The molecular weight excluding hydrogens is 257 g/mol. The molecule has 0 aliphatic carbocycles. The van der Waals surface area contributed by atoms with Crippen LogP contribution in [0.25, 0.3) is 11.0 Å². The Balaban J connectivity index is 2.10. The number of aryl methyl sites for hydroxylation is 1. The molecule has 1 unspecified atom stereocenters. The molecule has 0 saturated carbocycles. The summed E-state index contributed by atoms with van der Waals surface area (Å²) in [7, 11) is 0. The molecular formula is C15H14FN3O. The van der Waals surface area contributed by atoms with Crippen molar-refractivity contribution in [3.8, 4) is 0 Å². The van der Waals surface area contributed by atoms with Crippen molar-refractivity contribution in [1.29, 1.82) is 0 Å². The predicted octanol–water partition coefficient (Wildman–Crippen LogP) is 2.83. The lowest BCUT2D eigenvalue weighted by molar-refractivity contribution is 0.454. The average molecular weight is 271 g/mol. The molecule has 0 aliphatic heterocycles. The lowest BCUT2D eigenvalue weighted by Gasteiger charge is -2.12. The molecule has 0 spiro atoms. The second kappa shape index (κ2) is 5.03. The van der Waals surface area contributed by atoms with Crippen molar-refractivity contribution in [2.75, 3.05) is 0 Å². The third kappa shape index (κ3) is 2.17. The molecule has 4 nitrogen and oxygen atoms in total. The molecule has 20 heavy (non-hydrogen) atoms. The minimum atomic E-state index is -0.621. The number of hydrazine groups is 1. The first-order chi connectivity index (χ1) is 9.69. The van der Waals surface area contributed by atoms with E-state index in [0.29, 0.717) is 5.76 Å². The summed E-state index contributed by atoms with van der Waals surface area (Å²) in [5, 5.41) is 0.955. The Bertz CT molecular complexity index is 754. The monoisotopic (exact) mass is 271 g/mol. The van der Waals surface area contributed by atoms with Crippen LogP contribution in [0.4, 0.5) is 4.39 Å². The number of nitrogens with two attached hydrogens (primary N) is 1. The predicted molar refractivity (Wildman–Crippen MR) is 74.3 cm³/mol. The number of nitrogens with zero attached hydrogens (tertiary/aromatic N) is 1. The van der Waals surface area contributed by atoms with E-state index in [2.05, 4.69) is 10.4 Å². The zero-order chi connectivity index (χ0) is 14.1. The number of hydrogen-bond donors (Lipinski definition) is 2. The largest absolute Gasteiger partial charge is 0.459 e. The molecule has 0 amide bonds. The smallest absolute Gasteiger partial charge is 0.146 e. The molecule has 1 aromatic carbocycles. The van der Waals surface area contributed by atoms with Crippen molar-refractivity contribution in [3.05, 3.63) is 65.4 Å². The molecule has 0 aliphatic rings. The summed E-state index contributed by atoms with van der Waals surface area (Å²) < 4.78 is 19.6. The van der Waals surface area contributed by atoms with Gasteiger partial charge in [0, 0.05) is 11.6 Å². The Morgan fingerprint density at radius 3 is 2.90 bits per heavy atom. The molecule has 2 heterocycles. The summed E-state index contributed by atoms with van der Waals surface area (Å²) in [6.45, 7) is 2.00. The molecule has 3 N–H and O–H groups in total. The van der Waals surface area contributed by atoms with Crippen molar-refractivity contribution in [2.45, 2.75) is 13.0 Å². The highest BCUT2D eigenvalue weighted by Crippen LogP contribution is 2.28. The van der Waals surface area contributed by atoms with E-state index in [1.54, 1.807) is 0 Å². The van der Waals surface area contributed by atoms with Crippen LogP contribution in [-0.2, 0) is 0 Å². The number of pyridine rings is 1. The van der Waals surface area contributed by atoms with Gasteiger partial charge in [0.2, 0.25) is 0 Å². The molecule has 0 bridgehead atoms. The number of hydrogen-bond acceptors (Lipinski definition) is 4. The van der Waals surface area contributed by atoms with Gasteiger partial charge < -0.3 is 4.42 Å². The zero-order valence-corrected chi connectivity index (χ0v) is 10.9. The van der Waals surface area contributed by atoms with Crippen molar-refractivity contribution in [3.63, 3.8) is 0 Å². The minimum absolute atomic E-state index is 0.214. The molecule has 0 fully saturated rings. The van der Waals surface area contributed by atoms with Crippen LogP contribution in [0.2, 0.25) is 0 Å². The van der Waals surface area contributed by atoms with Gasteiger partial charge in [0.25, 0.3) is 0 Å². The normalized spacial score (nSPS) is 12.8. The first-order valence-corrected chi connectivity index (χ1v) is 6.25. The highest BCUT2D eigenvalue weighted by molar-refractivity contribution is 5.78. The second-order valence-corrected chi connectivity index (χ2v) is 4.66. The molecule has 3 aromatic rings. The Morgan fingerprint density at radius 1 is 1.30 bits per heavy atom. The Kier molecular flexibility index (Phi) is 3.22. The van der Waals surface area contributed by atoms with E-state index < -0.39 is 11.9 Å². The number of nitrogens with one attached hydrogen (secondary N) is 1. The topological polar surface area (TPSA) is 64.1 Å². The van der Waals surface area contributed by atoms with Crippen LogP contribution in [0, 0.1) is 12.7 Å². The molecule has 3 rings (SSSR count). The van der Waals surface area contributed by atoms with E-state index in [1.807, 2.05) is 31.2 Å². The maximum Gasteiger partial charge on any atom is 0.146 e. The van der Waals surface area contributed by atoms with Gasteiger partial charge in [-0.15, -0.1) is 0 Å². The molecule has 5 heteroatoms. The van der Waals surface area contributed by atoms with Gasteiger partial charge >= 0.3 is 0 Å². The first kappa shape index (κ1) is 12.8. The molecule has 0 radical (unpaired) electrons. The third-order valence-corrected chi connectivity index (χ3v) is 3.20. The van der Waals surface area contributed by atoms with Gasteiger partial charge in [-0.2, -0.15) is 0 Å². The van der Waals surface area contributed by atoms with Crippen LogP contribution in [0.15, 0.2) is 47.0 Å².